The van der Waals surface area contributed by atoms with Gasteiger partial charge in [-0.2, -0.15) is 0 Å². The minimum absolute atomic E-state index is 0.0711. The van der Waals surface area contributed by atoms with E-state index in [9.17, 15) is 9.50 Å². The first-order valence-corrected chi connectivity index (χ1v) is 5.25. The summed E-state index contributed by atoms with van der Waals surface area (Å²) < 4.78 is 14.8. The summed E-state index contributed by atoms with van der Waals surface area (Å²) >= 11 is 5.05. The summed E-state index contributed by atoms with van der Waals surface area (Å²) in [6.07, 6.45) is 1.43. The van der Waals surface area contributed by atoms with Gasteiger partial charge >= 0.3 is 0 Å². The second-order valence-corrected chi connectivity index (χ2v) is 3.94. The Morgan fingerprint density at radius 2 is 2.00 bits per heavy atom. The van der Waals surface area contributed by atoms with Crippen molar-refractivity contribution in [3.05, 3.63) is 46.6 Å². The average Bonchev–Trinajstić information content (AvgIpc) is 2.59. The monoisotopic (exact) mass is 238 g/mol. The lowest BCUT2D eigenvalue weighted by Gasteiger charge is -2.14. The highest BCUT2D eigenvalue weighted by Gasteiger charge is 2.12. The molecule has 1 aromatic heterocycles. The number of imidazole rings is 1. The van der Waals surface area contributed by atoms with Crippen LogP contribution in [0.15, 0.2) is 30.5 Å². The van der Waals surface area contributed by atoms with Crippen LogP contribution in [0.5, 0.6) is 5.88 Å². The van der Waals surface area contributed by atoms with Gasteiger partial charge in [0.1, 0.15) is 5.82 Å². The highest BCUT2D eigenvalue weighted by Crippen LogP contribution is 2.23. The van der Waals surface area contributed by atoms with Crippen LogP contribution in [0.4, 0.5) is 4.39 Å². The van der Waals surface area contributed by atoms with Gasteiger partial charge in [0.15, 0.2) is 4.77 Å². The number of rotatable bonds is 2. The molecular weight excluding hydrogens is 227 g/mol. The lowest BCUT2D eigenvalue weighted by Crippen LogP contribution is -2.06. The van der Waals surface area contributed by atoms with Gasteiger partial charge < -0.3 is 10.1 Å². The molecule has 3 nitrogen and oxygen atoms in total. The second kappa shape index (κ2) is 4.09. The molecule has 16 heavy (non-hydrogen) atoms. The number of hydrogen-bond donors (Lipinski definition) is 2. The van der Waals surface area contributed by atoms with Crippen LogP contribution in [0.2, 0.25) is 0 Å². The molecule has 1 heterocycles. The van der Waals surface area contributed by atoms with E-state index in [0.717, 1.165) is 5.56 Å². The van der Waals surface area contributed by atoms with Crippen molar-refractivity contribution in [3.8, 4) is 5.88 Å². The number of aromatic hydroxyl groups is 1. The van der Waals surface area contributed by atoms with Crippen molar-refractivity contribution < 1.29 is 9.50 Å². The molecule has 0 saturated carbocycles. The number of hydrogen-bond acceptors (Lipinski definition) is 2. The molecule has 1 atom stereocenters. The minimum Gasteiger partial charge on any atom is -0.493 e. The predicted octanol–water partition coefficient (Wildman–Crippen LogP) is 3.00. The largest absolute Gasteiger partial charge is 0.493 e. The van der Waals surface area contributed by atoms with Gasteiger partial charge in [-0.1, -0.05) is 12.1 Å². The van der Waals surface area contributed by atoms with Gasteiger partial charge in [-0.05, 0) is 36.8 Å². The van der Waals surface area contributed by atoms with Crippen LogP contribution in [-0.2, 0) is 0 Å². The standard InChI is InChI=1S/C11H11FN2OS/c1-7(8-2-4-9(12)5-3-8)14-10(15)6-13-11(14)16/h2-7,15H,1H3,(H,13,16)/t7-/m0/s1. The Hall–Kier alpha value is -1.62. The fourth-order valence-corrected chi connectivity index (χ4v) is 1.94. The molecule has 0 bridgehead atoms. The van der Waals surface area contributed by atoms with Crippen molar-refractivity contribution in [3.63, 3.8) is 0 Å². The highest BCUT2D eigenvalue weighted by molar-refractivity contribution is 7.71. The first kappa shape index (κ1) is 10.9. The quantitative estimate of drug-likeness (QED) is 0.790. The molecule has 0 aliphatic carbocycles. The van der Waals surface area contributed by atoms with E-state index in [-0.39, 0.29) is 17.7 Å². The Bertz CT molecular complexity index is 544. The van der Waals surface area contributed by atoms with E-state index < -0.39 is 0 Å². The molecule has 0 saturated heterocycles. The van der Waals surface area contributed by atoms with E-state index in [1.165, 1.54) is 18.3 Å². The van der Waals surface area contributed by atoms with E-state index in [4.69, 9.17) is 12.2 Å². The Balaban J connectivity index is 2.43. The predicted molar refractivity (Wildman–Crippen MR) is 61.5 cm³/mol. The van der Waals surface area contributed by atoms with E-state index in [2.05, 4.69) is 4.98 Å². The first-order valence-electron chi connectivity index (χ1n) is 4.84. The molecule has 2 aromatic rings. The van der Waals surface area contributed by atoms with E-state index in [1.54, 1.807) is 16.7 Å². The summed E-state index contributed by atoms with van der Waals surface area (Å²) in [5.41, 5.74) is 0.882. The molecule has 5 heteroatoms. The van der Waals surface area contributed by atoms with Gasteiger partial charge in [0.2, 0.25) is 5.88 Å². The molecule has 0 aliphatic rings. The van der Waals surface area contributed by atoms with Gasteiger partial charge in [-0.25, -0.2) is 4.39 Å². The average molecular weight is 238 g/mol. The SMILES string of the molecule is C[C@@H](c1ccc(F)cc1)n1c(O)c[nH]c1=S. The molecule has 1 aromatic carbocycles. The molecule has 2 rings (SSSR count). The maximum atomic E-state index is 12.8. The van der Waals surface area contributed by atoms with Gasteiger partial charge in [-0.3, -0.25) is 4.57 Å². The summed E-state index contributed by atoms with van der Waals surface area (Å²) in [5, 5.41) is 9.61. The topological polar surface area (TPSA) is 41.0 Å². The van der Waals surface area contributed by atoms with Crippen LogP contribution in [0, 0.1) is 10.6 Å². The van der Waals surface area contributed by atoms with Crippen molar-refractivity contribution in [2.24, 2.45) is 0 Å². The summed E-state index contributed by atoms with van der Waals surface area (Å²) in [5.74, 6) is -0.209. The molecule has 0 unspecified atom stereocenters. The Kier molecular flexibility index (Phi) is 2.78. The van der Waals surface area contributed by atoms with Crippen molar-refractivity contribution in [2.75, 3.05) is 0 Å². The molecule has 0 spiro atoms. The van der Waals surface area contributed by atoms with Crippen LogP contribution < -0.4 is 0 Å². The molecule has 0 radical (unpaired) electrons. The van der Waals surface area contributed by atoms with Crippen molar-refractivity contribution >= 4 is 12.2 Å². The van der Waals surface area contributed by atoms with Gasteiger partial charge in [0, 0.05) is 0 Å². The fourth-order valence-electron chi connectivity index (χ4n) is 1.63. The van der Waals surface area contributed by atoms with E-state index >= 15 is 0 Å². The zero-order valence-electron chi connectivity index (χ0n) is 8.64. The number of aromatic nitrogens is 2. The molecule has 2 N–H and O–H groups in total. The molecule has 0 fully saturated rings. The van der Waals surface area contributed by atoms with Crippen LogP contribution in [0.1, 0.15) is 18.5 Å². The smallest absolute Gasteiger partial charge is 0.210 e. The maximum absolute atomic E-state index is 12.8. The number of nitrogens with zero attached hydrogens (tertiary/aromatic N) is 1. The van der Waals surface area contributed by atoms with Gasteiger partial charge in [0.05, 0.1) is 12.2 Å². The normalized spacial score (nSPS) is 12.6. The lowest BCUT2D eigenvalue weighted by atomic mass is 10.1. The van der Waals surface area contributed by atoms with E-state index in [0.29, 0.717) is 4.77 Å². The number of benzene rings is 1. The molecular formula is C11H11FN2OS. The Labute approximate surface area is 97.2 Å². The zero-order valence-corrected chi connectivity index (χ0v) is 9.46. The Morgan fingerprint density at radius 1 is 1.38 bits per heavy atom. The van der Waals surface area contributed by atoms with Crippen LogP contribution in [0.25, 0.3) is 0 Å². The third kappa shape index (κ3) is 1.86. The van der Waals surface area contributed by atoms with E-state index in [1.807, 2.05) is 6.92 Å². The van der Waals surface area contributed by atoms with Gasteiger partial charge in [0.25, 0.3) is 0 Å². The summed E-state index contributed by atoms with van der Waals surface area (Å²) in [6.45, 7) is 1.89. The van der Waals surface area contributed by atoms with Crippen molar-refractivity contribution in [1.82, 2.24) is 9.55 Å². The van der Waals surface area contributed by atoms with Gasteiger partial charge in [-0.15, -0.1) is 0 Å². The fraction of sp³-hybridized carbons (Fsp3) is 0.182. The number of aromatic amines is 1. The minimum atomic E-state index is -0.280. The summed E-state index contributed by atoms with van der Waals surface area (Å²) in [6, 6.07) is 5.99. The first-order chi connectivity index (χ1) is 7.59. The number of nitrogens with one attached hydrogen (secondary N) is 1. The maximum Gasteiger partial charge on any atom is 0.210 e. The molecule has 0 aliphatic heterocycles. The highest BCUT2D eigenvalue weighted by atomic mass is 32.1. The van der Waals surface area contributed by atoms with Crippen LogP contribution >= 0.6 is 12.2 Å². The van der Waals surface area contributed by atoms with Crippen molar-refractivity contribution in [1.29, 1.82) is 0 Å². The molecule has 0 amide bonds. The Morgan fingerprint density at radius 3 is 2.50 bits per heavy atom. The zero-order chi connectivity index (χ0) is 11.7. The third-order valence-corrected chi connectivity index (χ3v) is 2.84. The molecule has 84 valence electrons. The van der Waals surface area contributed by atoms with Crippen LogP contribution in [0.3, 0.4) is 0 Å². The summed E-state index contributed by atoms with van der Waals surface area (Å²) in [4.78, 5) is 2.75. The summed E-state index contributed by atoms with van der Waals surface area (Å²) in [7, 11) is 0. The lowest BCUT2D eigenvalue weighted by molar-refractivity contribution is 0.405. The van der Waals surface area contributed by atoms with Crippen molar-refractivity contribution in [2.45, 2.75) is 13.0 Å². The number of H-pyrrole nitrogens is 1. The second-order valence-electron chi connectivity index (χ2n) is 3.55. The number of halogens is 1. The third-order valence-electron chi connectivity index (χ3n) is 2.53. The van der Waals surface area contributed by atoms with Crippen LogP contribution in [-0.4, -0.2) is 14.7 Å².